The minimum Gasteiger partial charge on any atom is -0.457 e. The van der Waals surface area contributed by atoms with Crippen molar-refractivity contribution in [1.29, 1.82) is 0 Å². The van der Waals surface area contributed by atoms with Crippen molar-refractivity contribution in [3.8, 4) is 23.0 Å². The predicted molar refractivity (Wildman–Crippen MR) is 201 cm³/mol. The lowest BCUT2D eigenvalue weighted by Crippen LogP contribution is -2.36. The minimum absolute atomic E-state index is 0.158. The van der Waals surface area contributed by atoms with Crippen molar-refractivity contribution in [3.05, 3.63) is 154 Å². The summed E-state index contributed by atoms with van der Waals surface area (Å²) < 4.78 is 12.6. The highest BCUT2D eigenvalue weighted by Gasteiger charge is 2.28. The first-order chi connectivity index (χ1) is 23.4. The normalized spacial score (nSPS) is 16.8. The van der Waals surface area contributed by atoms with Gasteiger partial charge in [0.25, 0.3) is 0 Å². The molecule has 3 aliphatic rings. The summed E-state index contributed by atoms with van der Waals surface area (Å²) >= 11 is 0. The topological polar surface area (TPSA) is 24.9 Å². The maximum Gasteiger partial charge on any atom is 0.127 e. The van der Waals surface area contributed by atoms with Gasteiger partial charge in [0.1, 0.15) is 23.0 Å². The lowest BCUT2D eigenvalue weighted by molar-refractivity contribution is 0.136. The van der Waals surface area contributed by atoms with Crippen LogP contribution in [0.2, 0.25) is 0 Å². The Balaban J connectivity index is 0.946. The van der Waals surface area contributed by atoms with E-state index >= 15 is 0 Å². The molecular weight excluding hydrogens is 601 g/mol. The van der Waals surface area contributed by atoms with Crippen LogP contribution in [0.1, 0.15) is 94.2 Å². The number of hydrogen-bond donors (Lipinski definition) is 0. The molecule has 4 nitrogen and oxygen atoms in total. The fourth-order valence-corrected chi connectivity index (χ4v) is 7.06. The number of fused-ring (bicyclic) bond motifs is 2. The fraction of sp³-hybridized carbons (Fsp3) is 0.333. The van der Waals surface area contributed by atoms with Crippen LogP contribution < -0.4 is 9.47 Å². The Bertz CT molecular complexity index is 1920. The van der Waals surface area contributed by atoms with Gasteiger partial charge in [0.2, 0.25) is 0 Å². The molecule has 2 aliphatic heterocycles. The second kappa shape index (κ2) is 13.1. The molecule has 7 rings (SSSR count). The molecule has 252 valence electrons. The summed E-state index contributed by atoms with van der Waals surface area (Å²) in [6.07, 6.45) is 10.1. The average Bonchev–Trinajstić information content (AvgIpc) is 3.61. The molecule has 4 heteroatoms. The van der Waals surface area contributed by atoms with Crippen LogP contribution in [-0.4, -0.2) is 15.3 Å². The van der Waals surface area contributed by atoms with Crippen molar-refractivity contribution < 1.29 is 9.47 Å². The Labute approximate surface area is 293 Å². The monoisotopic (exact) mass is 650 g/mol. The fourth-order valence-electron chi connectivity index (χ4n) is 7.06. The Morgan fingerprint density at radius 2 is 1.08 bits per heavy atom. The highest BCUT2D eigenvalue weighted by atomic mass is 16.5. The quantitative estimate of drug-likeness (QED) is 0.199. The molecule has 0 bridgehead atoms. The third-order valence-electron chi connectivity index (χ3n) is 10.3. The van der Waals surface area contributed by atoms with Crippen LogP contribution >= 0.6 is 0 Å². The summed E-state index contributed by atoms with van der Waals surface area (Å²) in [6, 6.07) is 30.1. The van der Waals surface area contributed by atoms with E-state index in [9.17, 15) is 0 Å². The summed E-state index contributed by atoms with van der Waals surface area (Å²) in [5, 5.41) is 0. The van der Waals surface area contributed by atoms with Gasteiger partial charge >= 0.3 is 0 Å². The number of rotatable bonds is 7. The number of nitrogens with zero attached hydrogens (tertiary/aromatic N) is 2. The van der Waals surface area contributed by atoms with E-state index in [0.717, 1.165) is 55.6 Å². The molecule has 4 aromatic rings. The van der Waals surface area contributed by atoms with E-state index in [1.807, 2.05) is 0 Å². The van der Waals surface area contributed by atoms with Crippen LogP contribution in [0.25, 0.3) is 0 Å². The van der Waals surface area contributed by atoms with E-state index in [-0.39, 0.29) is 16.9 Å². The Hall–Kier alpha value is -4.54. The lowest BCUT2D eigenvalue weighted by atomic mass is 9.86. The standard InChI is InChI=1S/C45H50N2O2/c1-31(33-13-21-41(22-14-33)49-43-24-16-35-29-47(45(5,6)7)30-37(35)26-43)32-11-19-40(20-12-32)48-42-23-15-34-27-46(28-36(34)25-42)39-10-8-9-38(17-18-39)44(2,3)4/h8-17,19-26,31H,18,27-30H2,1-7H3. The first-order valence-corrected chi connectivity index (χ1v) is 17.8. The Kier molecular flexibility index (Phi) is 8.79. The van der Waals surface area contributed by atoms with Gasteiger partial charge in [-0.2, -0.15) is 0 Å². The highest BCUT2D eigenvalue weighted by Crippen LogP contribution is 2.36. The van der Waals surface area contributed by atoms with Gasteiger partial charge in [-0.05, 0) is 120 Å². The Morgan fingerprint density at radius 3 is 1.63 bits per heavy atom. The van der Waals surface area contributed by atoms with Crippen LogP contribution in [-0.2, 0) is 26.2 Å². The van der Waals surface area contributed by atoms with Crippen LogP contribution in [0, 0.1) is 5.41 Å². The van der Waals surface area contributed by atoms with Crippen LogP contribution in [0.15, 0.2) is 121 Å². The van der Waals surface area contributed by atoms with E-state index in [1.54, 1.807) is 0 Å². The molecule has 0 saturated carbocycles. The van der Waals surface area contributed by atoms with Gasteiger partial charge in [-0.1, -0.05) is 82.3 Å². The van der Waals surface area contributed by atoms with E-state index in [4.69, 9.17) is 9.47 Å². The van der Waals surface area contributed by atoms with Crippen molar-refractivity contribution in [3.63, 3.8) is 0 Å². The van der Waals surface area contributed by atoms with Gasteiger partial charge in [0.15, 0.2) is 0 Å². The summed E-state index contributed by atoms with van der Waals surface area (Å²) in [4.78, 5) is 4.99. The zero-order valence-corrected chi connectivity index (χ0v) is 30.2. The molecule has 0 saturated heterocycles. The largest absolute Gasteiger partial charge is 0.457 e. The van der Waals surface area contributed by atoms with Crippen molar-refractivity contribution in [2.24, 2.45) is 5.41 Å². The van der Waals surface area contributed by atoms with Gasteiger partial charge in [-0.15, -0.1) is 0 Å². The lowest BCUT2D eigenvalue weighted by Gasteiger charge is -2.31. The van der Waals surface area contributed by atoms with Gasteiger partial charge in [0, 0.05) is 49.8 Å². The molecule has 1 atom stereocenters. The third kappa shape index (κ3) is 7.40. The van der Waals surface area contributed by atoms with Crippen molar-refractivity contribution >= 4 is 0 Å². The van der Waals surface area contributed by atoms with Gasteiger partial charge in [-0.3, -0.25) is 4.90 Å². The van der Waals surface area contributed by atoms with Crippen molar-refractivity contribution in [2.75, 3.05) is 0 Å². The van der Waals surface area contributed by atoms with Gasteiger partial charge in [0.05, 0.1) is 0 Å². The number of hydrogen-bond acceptors (Lipinski definition) is 4. The smallest absolute Gasteiger partial charge is 0.127 e. The molecule has 2 heterocycles. The van der Waals surface area contributed by atoms with Crippen LogP contribution in [0.4, 0.5) is 0 Å². The molecule has 4 aromatic carbocycles. The van der Waals surface area contributed by atoms with Crippen LogP contribution in [0.5, 0.6) is 23.0 Å². The molecule has 1 unspecified atom stereocenters. The number of benzene rings is 4. The molecule has 0 spiro atoms. The van der Waals surface area contributed by atoms with E-state index in [1.165, 1.54) is 44.7 Å². The molecule has 0 amide bonds. The zero-order valence-electron chi connectivity index (χ0n) is 30.2. The van der Waals surface area contributed by atoms with E-state index in [0.29, 0.717) is 0 Å². The van der Waals surface area contributed by atoms with Crippen molar-refractivity contribution in [2.45, 2.75) is 92.5 Å². The molecule has 0 fully saturated rings. The second-order valence-corrected chi connectivity index (χ2v) is 15.9. The molecular formula is C45H50N2O2. The summed E-state index contributed by atoms with van der Waals surface area (Å²) in [5.41, 5.74) is 11.1. The first kappa shape index (κ1) is 33.0. The molecule has 0 radical (unpaired) electrons. The highest BCUT2D eigenvalue weighted by molar-refractivity contribution is 5.45. The van der Waals surface area contributed by atoms with Crippen LogP contribution in [0.3, 0.4) is 0 Å². The second-order valence-electron chi connectivity index (χ2n) is 15.9. The van der Waals surface area contributed by atoms with Gasteiger partial charge in [-0.25, -0.2) is 0 Å². The number of allylic oxidation sites excluding steroid dienone is 5. The van der Waals surface area contributed by atoms with E-state index < -0.39 is 0 Å². The maximum absolute atomic E-state index is 6.35. The molecule has 1 aliphatic carbocycles. The summed E-state index contributed by atoms with van der Waals surface area (Å²) in [5.74, 6) is 3.74. The summed E-state index contributed by atoms with van der Waals surface area (Å²) in [6.45, 7) is 19.7. The SMILES string of the molecule is CC(c1ccc(Oc2ccc3c(c2)CN(C2=CC=CC(C(C)(C)C)=CC2)C3)cc1)c1ccc(Oc2ccc3c(c2)CN(C(C)(C)C)C3)cc1. The average molecular weight is 651 g/mol. The summed E-state index contributed by atoms with van der Waals surface area (Å²) in [7, 11) is 0. The molecule has 0 aromatic heterocycles. The van der Waals surface area contributed by atoms with Gasteiger partial charge < -0.3 is 14.4 Å². The molecule has 0 N–H and O–H groups in total. The van der Waals surface area contributed by atoms with E-state index in [2.05, 4.69) is 167 Å². The maximum atomic E-state index is 6.35. The minimum atomic E-state index is 0.158. The third-order valence-corrected chi connectivity index (χ3v) is 10.3. The molecule has 49 heavy (non-hydrogen) atoms. The first-order valence-electron chi connectivity index (χ1n) is 17.8. The van der Waals surface area contributed by atoms with Crippen molar-refractivity contribution in [1.82, 2.24) is 9.80 Å². The predicted octanol–water partition coefficient (Wildman–Crippen LogP) is 11.7. The number of ether oxygens (including phenoxy) is 2. The Morgan fingerprint density at radius 1 is 0.592 bits per heavy atom. The zero-order chi connectivity index (χ0) is 34.3.